The maximum Gasteiger partial charge on any atom is 0.254 e. The van der Waals surface area contributed by atoms with Gasteiger partial charge in [0.1, 0.15) is 0 Å². The van der Waals surface area contributed by atoms with E-state index >= 15 is 0 Å². The van der Waals surface area contributed by atoms with Crippen molar-refractivity contribution in [3.8, 4) is 0 Å². The van der Waals surface area contributed by atoms with E-state index in [1.807, 2.05) is 11.0 Å². The SMILES string of the molecule is CN1CCN(c2ccccc2CCN2CCc3cc(N4CCOCC4)ccc3C2=O)CC1. The van der Waals surface area contributed by atoms with Gasteiger partial charge in [0.25, 0.3) is 5.91 Å². The number of rotatable bonds is 5. The Kier molecular flexibility index (Phi) is 6.32. The molecule has 0 saturated carbocycles. The number of ether oxygens (including phenoxy) is 1. The molecule has 3 aliphatic rings. The van der Waals surface area contributed by atoms with Crippen LogP contribution in [0.5, 0.6) is 0 Å². The minimum absolute atomic E-state index is 0.178. The minimum atomic E-state index is 0.178. The van der Waals surface area contributed by atoms with Crippen LogP contribution in [0.4, 0.5) is 11.4 Å². The highest BCUT2D eigenvalue weighted by atomic mass is 16.5. The van der Waals surface area contributed by atoms with Gasteiger partial charge in [0, 0.05) is 69.3 Å². The number of anilines is 2. The van der Waals surface area contributed by atoms with E-state index in [0.717, 1.165) is 84.0 Å². The zero-order chi connectivity index (χ0) is 21.9. The van der Waals surface area contributed by atoms with E-state index in [9.17, 15) is 4.79 Å². The van der Waals surface area contributed by atoms with Gasteiger partial charge in [-0.05, 0) is 55.3 Å². The van der Waals surface area contributed by atoms with E-state index in [-0.39, 0.29) is 5.91 Å². The number of likely N-dealkylation sites (N-methyl/N-ethyl adjacent to an activating group) is 1. The van der Waals surface area contributed by atoms with Crippen molar-refractivity contribution in [2.24, 2.45) is 0 Å². The quantitative estimate of drug-likeness (QED) is 0.723. The second-order valence-corrected chi connectivity index (χ2v) is 9.15. The van der Waals surface area contributed by atoms with Gasteiger partial charge < -0.3 is 24.3 Å². The predicted octanol–water partition coefficient (Wildman–Crippen LogP) is 2.52. The molecule has 0 aliphatic carbocycles. The van der Waals surface area contributed by atoms with Gasteiger partial charge in [-0.1, -0.05) is 18.2 Å². The van der Waals surface area contributed by atoms with E-state index in [2.05, 4.69) is 58.1 Å². The Bertz CT molecular complexity index is 949. The molecule has 0 aromatic heterocycles. The van der Waals surface area contributed by atoms with Gasteiger partial charge in [0.2, 0.25) is 0 Å². The zero-order valence-corrected chi connectivity index (χ0v) is 19.1. The van der Waals surface area contributed by atoms with Gasteiger partial charge in [-0.2, -0.15) is 0 Å². The van der Waals surface area contributed by atoms with Crippen molar-refractivity contribution in [1.29, 1.82) is 0 Å². The standard InChI is InChI=1S/C26H34N4O2/c1-27-12-14-29(15-13-27)25-5-3-2-4-21(25)8-10-30-11-9-22-20-23(6-7-24(22)26(30)31)28-16-18-32-19-17-28/h2-7,20H,8-19H2,1H3. The van der Waals surface area contributed by atoms with Gasteiger partial charge >= 0.3 is 0 Å². The number of fused-ring (bicyclic) bond motifs is 1. The molecule has 0 radical (unpaired) electrons. The molecule has 0 N–H and O–H groups in total. The molecule has 6 nitrogen and oxygen atoms in total. The van der Waals surface area contributed by atoms with Crippen molar-refractivity contribution in [3.63, 3.8) is 0 Å². The van der Waals surface area contributed by atoms with Crippen LogP contribution >= 0.6 is 0 Å². The van der Waals surface area contributed by atoms with Crippen LogP contribution < -0.4 is 9.80 Å². The Hall–Kier alpha value is -2.57. The number of benzene rings is 2. The van der Waals surface area contributed by atoms with Crippen LogP contribution in [0.3, 0.4) is 0 Å². The molecule has 6 heteroatoms. The fourth-order valence-corrected chi connectivity index (χ4v) is 5.09. The summed E-state index contributed by atoms with van der Waals surface area (Å²) in [4.78, 5) is 22.5. The molecule has 3 heterocycles. The average molecular weight is 435 g/mol. The molecule has 1 amide bonds. The zero-order valence-electron chi connectivity index (χ0n) is 19.1. The summed E-state index contributed by atoms with van der Waals surface area (Å²) in [6.45, 7) is 9.30. The molecule has 2 saturated heterocycles. The van der Waals surface area contributed by atoms with E-state index in [0.29, 0.717) is 0 Å². The maximum atomic E-state index is 13.2. The number of hydrogen-bond donors (Lipinski definition) is 0. The fourth-order valence-electron chi connectivity index (χ4n) is 5.09. The van der Waals surface area contributed by atoms with Gasteiger partial charge in [-0.25, -0.2) is 0 Å². The van der Waals surface area contributed by atoms with Crippen molar-refractivity contribution < 1.29 is 9.53 Å². The lowest BCUT2D eigenvalue weighted by Gasteiger charge is -2.35. The second kappa shape index (κ2) is 9.51. The number of nitrogens with zero attached hydrogens (tertiary/aromatic N) is 4. The summed E-state index contributed by atoms with van der Waals surface area (Å²) < 4.78 is 5.47. The third-order valence-electron chi connectivity index (χ3n) is 7.12. The van der Waals surface area contributed by atoms with Gasteiger partial charge in [0.15, 0.2) is 0 Å². The molecule has 0 spiro atoms. The molecule has 0 atom stereocenters. The number of hydrogen-bond acceptors (Lipinski definition) is 5. The van der Waals surface area contributed by atoms with Crippen LogP contribution in [0.25, 0.3) is 0 Å². The number of carbonyl (C=O) groups excluding carboxylic acids is 1. The number of para-hydroxylation sites is 1. The summed E-state index contributed by atoms with van der Waals surface area (Å²) in [7, 11) is 2.19. The van der Waals surface area contributed by atoms with Crippen LogP contribution in [0.15, 0.2) is 42.5 Å². The molecule has 5 rings (SSSR count). The lowest BCUT2D eigenvalue weighted by atomic mass is 9.97. The van der Waals surface area contributed by atoms with E-state index < -0.39 is 0 Å². The summed E-state index contributed by atoms with van der Waals surface area (Å²) >= 11 is 0. The molecule has 32 heavy (non-hydrogen) atoms. The Morgan fingerprint density at radius 2 is 1.66 bits per heavy atom. The average Bonchev–Trinajstić information content (AvgIpc) is 2.85. The summed E-state index contributed by atoms with van der Waals surface area (Å²) in [6, 6.07) is 15.1. The monoisotopic (exact) mass is 434 g/mol. The first kappa shape index (κ1) is 21.3. The molecule has 0 bridgehead atoms. The molecule has 2 aromatic rings. The van der Waals surface area contributed by atoms with Crippen LogP contribution in [-0.4, -0.2) is 88.3 Å². The maximum absolute atomic E-state index is 13.2. The van der Waals surface area contributed by atoms with Crippen molar-refractivity contribution in [2.45, 2.75) is 12.8 Å². The second-order valence-electron chi connectivity index (χ2n) is 9.15. The van der Waals surface area contributed by atoms with Crippen molar-refractivity contribution in [1.82, 2.24) is 9.80 Å². The van der Waals surface area contributed by atoms with Gasteiger partial charge in [0.05, 0.1) is 13.2 Å². The summed E-state index contributed by atoms with van der Waals surface area (Å²) in [5, 5.41) is 0. The normalized spacial score (nSPS) is 19.9. The topological polar surface area (TPSA) is 39.3 Å². The summed E-state index contributed by atoms with van der Waals surface area (Å²) in [5.41, 5.74) is 5.96. The lowest BCUT2D eigenvalue weighted by Crippen LogP contribution is -2.45. The third-order valence-corrected chi connectivity index (χ3v) is 7.12. The van der Waals surface area contributed by atoms with E-state index in [4.69, 9.17) is 4.74 Å². The first-order valence-corrected chi connectivity index (χ1v) is 12.0. The number of carbonyl (C=O) groups is 1. The molecule has 170 valence electrons. The van der Waals surface area contributed by atoms with Gasteiger partial charge in [-0.3, -0.25) is 4.79 Å². The van der Waals surface area contributed by atoms with E-state index in [1.54, 1.807) is 0 Å². The number of amides is 1. The molecule has 2 fully saturated rings. The van der Waals surface area contributed by atoms with Gasteiger partial charge in [-0.15, -0.1) is 0 Å². The van der Waals surface area contributed by atoms with Crippen LogP contribution in [0.1, 0.15) is 21.5 Å². The Balaban J connectivity index is 1.25. The Morgan fingerprint density at radius 1 is 0.875 bits per heavy atom. The first-order valence-electron chi connectivity index (χ1n) is 12.0. The summed E-state index contributed by atoms with van der Waals surface area (Å²) in [5.74, 6) is 0.178. The van der Waals surface area contributed by atoms with E-state index in [1.165, 1.54) is 22.5 Å². The van der Waals surface area contributed by atoms with Crippen LogP contribution in [-0.2, 0) is 17.6 Å². The minimum Gasteiger partial charge on any atom is -0.378 e. The molecule has 0 unspecified atom stereocenters. The smallest absolute Gasteiger partial charge is 0.254 e. The molecular weight excluding hydrogens is 400 g/mol. The van der Waals surface area contributed by atoms with Crippen LogP contribution in [0.2, 0.25) is 0 Å². The van der Waals surface area contributed by atoms with Crippen LogP contribution in [0, 0.1) is 0 Å². The summed E-state index contributed by atoms with van der Waals surface area (Å²) in [6.07, 6.45) is 1.83. The first-order chi connectivity index (χ1) is 15.7. The molecule has 3 aliphatic heterocycles. The highest BCUT2D eigenvalue weighted by Crippen LogP contribution is 2.27. The highest BCUT2D eigenvalue weighted by Gasteiger charge is 2.26. The third kappa shape index (κ3) is 4.48. The molecular formula is C26H34N4O2. The highest BCUT2D eigenvalue weighted by molar-refractivity contribution is 5.97. The number of morpholine rings is 1. The Morgan fingerprint density at radius 3 is 2.47 bits per heavy atom. The largest absolute Gasteiger partial charge is 0.378 e. The van der Waals surface area contributed by atoms with Crippen molar-refractivity contribution in [2.75, 3.05) is 82.4 Å². The molecule has 2 aromatic carbocycles. The lowest BCUT2D eigenvalue weighted by molar-refractivity contribution is 0.0741. The van der Waals surface area contributed by atoms with Crippen molar-refractivity contribution in [3.05, 3.63) is 59.2 Å². The van der Waals surface area contributed by atoms with Crippen molar-refractivity contribution >= 4 is 17.3 Å². The number of piperazine rings is 1. The Labute approximate surface area is 191 Å². The fraction of sp³-hybridized carbons (Fsp3) is 0.500. The predicted molar refractivity (Wildman–Crippen MR) is 129 cm³/mol.